The van der Waals surface area contributed by atoms with E-state index < -0.39 is 0 Å². The monoisotopic (exact) mass is 496 g/mol. The molecule has 0 spiro atoms. The summed E-state index contributed by atoms with van der Waals surface area (Å²) < 4.78 is 11.0. The third-order valence-corrected chi connectivity index (χ3v) is 5.61. The molecule has 27 heavy (non-hydrogen) atoms. The lowest BCUT2D eigenvalue weighted by molar-refractivity contribution is -0.107. The number of aliphatic imine (C=N–C) groups is 1. The van der Waals surface area contributed by atoms with Crippen LogP contribution >= 0.6 is 24.0 Å². The molecule has 0 radical (unpaired) electrons. The van der Waals surface area contributed by atoms with Crippen LogP contribution in [0, 0.1) is 5.41 Å². The maximum atomic E-state index is 11.7. The topological polar surface area (TPSA) is 89.2 Å². The lowest BCUT2D eigenvalue weighted by Gasteiger charge is -2.49. The maximum absolute atomic E-state index is 11.7. The van der Waals surface area contributed by atoms with Crippen LogP contribution in [0.1, 0.15) is 59.8 Å². The van der Waals surface area contributed by atoms with Crippen molar-refractivity contribution in [2.45, 2.75) is 78.0 Å². The Morgan fingerprint density at radius 3 is 2.52 bits per heavy atom. The first-order valence-corrected chi connectivity index (χ1v) is 10.0. The van der Waals surface area contributed by atoms with E-state index in [9.17, 15) is 4.79 Å². The number of likely N-dealkylation sites (tertiary alicyclic amines) is 1. The lowest BCUT2D eigenvalue weighted by atomic mass is 9.65. The molecule has 0 aromatic carbocycles. The van der Waals surface area contributed by atoms with Gasteiger partial charge in [-0.15, -0.1) is 24.0 Å². The molecule has 1 heterocycles. The highest BCUT2D eigenvalue weighted by Gasteiger charge is 2.49. The van der Waals surface area contributed by atoms with Crippen molar-refractivity contribution in [3.05, 3.63) is 0 Å². The molecule has 2 rings (SSSR count). The molecule has 158 valence electrons. The summed E-state index contributed by atoms with van der Waals surface area (Å²) in [7, 11) is 0. The molecule has 3 N–H and O–H groups in total. The molecule has 1 saturated carbocycles. The number of hydrogen-bond donors (Lipinski definition) is 2. The number of piperidine rings is 1. The van der Waals surface area contributed by atoms with Crippen molar-refractivity contribution >= 4 is 36.0 Å². The first-order chi connectivity index (χ1) is 12.4. The largest absolute Gasteiger partial charge is 0.450 e. The molecule has 0 aromatic rings. The predicted octanol–water partition coefficient (Wildman–Crippen LogP) is 3.11. The molecule has 2 unspecified atom stereocenters. The highest BCUT2D eigenvalue weighted by atomic mass is 127. The smallest absolute Gasteiger partial charge is 0.409 e. The Labute approximate surface area is 180 Å². The molecule has 2 aliphatic rings. The van der Waals surface area contributed by atoms with Crippen LogP contribution in [-0.4, -0.2) is 61.4 Å². The van der Waals surface area contributed by atoms with Crippen molar-refractivity contribution in [1.29, 1.82) is 0 Å². The van der Waals surface area contributed by atoms with Crippen LogP contribution in [0.5, 0.6) is 0 Å². The second-order valence-electron chi connectivity index (χ2n) is 7.90. The van der Waals surface area contributed by atoms with Gasteiger partial charge in [0, 0.05) is 31.2 Å². The highest BCUT2D eigenvalue weighted by Crippen LogP contribution is 2.44. The van der Waals surface area contributed by atoms with Crippen LogP contribution in [-0.2, 0) is 9.47 Å². The van der Waals surface area contributed by atoms with Gasteiger partial charge in [-0.25, -0.2) is 9.79 Å². The van der Waals surface area contributed by atoms with Crippen molar-refractivity contribution in [2.24, 2.45) is 16.1 Å². The minimum atomic E-state index is -0.224. The van der Waals surface area contributed by atoms with Gasteiger partial charge in [-0.2, -0.15) is 0 Å². The fourth-order valence-electron chi connectivity index (χ4n) is 3.57. The van der Waals surface area contributed by atoms with Crippen LogP contribution in [0.2, 0.25) is 0 Å². The van der Waals surface area contributed by atoms with Gasteiger partial charge in [0.25, 0.3) is 0 Å². The second-order valence-corrected chi connectivity index (χ2v) is 7.90. The van der Waals surface area contributed by atoms with Gasteiger partial charge in [0.1, 0.15) is 0 Å². The number of amides is 1. The summed E-state index contributed by atoms with van der Waals surface area (Å²) in [6, 6.07) is 0.450. The standard InChI is InChI=1S/C19H36N4O3.HI/c1-5-7-12-26-16-13-15(19(16,3)4)22-17(20)21-14-8-10-23(11-9-14)18(24)25-6-2;/h14-16H,5-13H2,1-4H3,(H3,20,21,22);1H. The van der Waals surface area contributed by atoms with E-state index in [2.05, 4.69) is 31.1 Å². The van der Waals surface area contributed by atoms with E-state index in [1.165, 1.54) is 0 Å². The minimum Gasteiger partial charge on any atom is -0.450 e. The van der Waals surface area contributed by atoms with Crippen LogP contribution in [0.3, 0.4) is 0 Å². The molecule has 0 aromatic heterocycles. The first-order valence-electron chi connectivity index (χ1n) is 10.0. The molecule has 0 bridgehead atoms. The van der Waals surface area contributed by atoms with Crippen LogP contribution in [0.4, 0.5) is 4.79 Å². The Kier molecular flexibility index (Phi) is 10.1. The summed E-state index contributed by atoms with van der Waals surface area (Å²) in [5.74, 6) is 0.504. The summed E-state index contributed by atoms with van der Waals surface area (Å²) in [5.41, 5.74) is 6.16. The SMILES string of the molecule is CCCCOC1CC(N=C(N)NC2CCN(C(=O)OCC)CC2)C1(C)C.I. The average molecular weight is 496 g/mol. The Morgan fingerprint density at radius 2 is 1.96 bits per heavy atom. The van der Waals surface area contributed by atoms with Gasteiger partial charge in [-0.3, -0.25) is 0 Å². The fourth-order valence-corrected chi connectivity index (χ4v) is 3.57. The van der Waals surface area contributed by atoms with E-state index in [0.717, 1.165) is 38.7 Å². The number of carbonyl (C=O) groups is 1. The van der Waals surface area contributed by atoms with Crippen molar-refractivity contribution in [3.8, 4) is 0 Å². The third-order valence-electron chi connectivity index (χ3n) is 5.61. The van der Waals surface area contributed by atoms with E-state index in [1.807, 2.05) is 6.92 Å². The van der Waals surface area contributed by atoms with Gasteiger partial charge in [-0.05, 0) is 32.6 Å². The number of hydrogen-bond acceptors (Lipinski definition) is 4. The zero-order chi connectivity index (χ0) is 19.2. The number of ether oxygens (including phenoxy) is 2. The minimum absolute atomic E-state index is 0. The lowest BCUT2D eigenvalue weighted by Crippen LogP contribution is -2.55. The van der Waals surface area contributed by atoms with E-state index in [0.29, 0.717) is 25.7 Å². The number of guanidine groups is 1. The normalized spacial score (nSPS) is 25.3. The molecule has 8 heteroatoms. The summed E-state index contributed by atoms with van der Waals surface area (Å²) >= 11 is 0. The zero-order valence-electron chi connectivity index (χ0n) is 17.2. The molecule has 2 atom stereocenters. The van der Waals surface area contributed by atoms with Crippen molar-refractivity contribution in [2.75, 3.05) is 26.3 Å². The molecule has 2 fully saturated rings. The Bertz CT molecular complexity index is 493. The molecule has 7 nitrogen and oxygen atoms in total. The van der Waals surface area contributed by atoms with E-state index >= 15 is 0 Å². The number of nitrogens with two attached hydrogens (primary N) is 1. The van der Waals surface area contributed by atoms with Gasteiger partial charge in [0.05, 0.1) is 18.8 Å². The third kappa shape index (κ3) is 6.66. The summed E-state index contributed by atoms with van der Waals surface area (Å²) in [5, 5.41) is 3.32. The maximum Gasteiger partial charge on any atom is 0.409 e. The van der Waals surface area contributed by atoms with E-state index in [-0.39, 0.29) is 53.7 Å². The Morgan fingerprint density at radius 1 is 1.30 bits per heavy atom. The van der Waals surface area contributed by atoms with Crippen molar-refractivity contribution < 1.29 is 14.3 Å². The van der Waals surface area contributed by atoms with Crippen LogP contribution in [0.25, 0.3) is 0 Å². The molecular weight excluding hydrogens is 459 g/mol. The summed E-state index contributed by atoms with van der Waals surface area (Å²) in [6.45, 7) is 11.0. The number of nitrogens with zero attached hydrogens (tertiary/aromatic N) is 2. The molecule has 1 amide bonds. The van der Waals surface area contributed by atoms with E-state index in [1.54, 1.807) is 4.90 Å². The Balaban J connectivity index is 0.00000364. The van der Waals surface area contributed by atoms with Gasteiger partial charge in [0.15, 0.2) is 5.96 Å². The quantitative estimate of drug-likeness (QED) is 0.245. The van der Waals surface area contributed by atoms with Gasteiger partial charge in [0.2, 0.25) is 0 Å². The van der Waals surface area contributed by atoms with Gasteiger partial charge >= 0.3 is 6.09 Å². The number of nitrogens with one attached hydrogen (secondary N) is 1. The van der Waals surface area contributed by atoms with Crippen LogP contribution in [0.15, 0.2) is 4.99 Å². The highest BCUT2D eigenvalue weighted by molar-refractivity contribution is 14.0. The Hall–Kier alpha value is -0.770. The van der Waals surface area contributed by atoms with Crippen LogP contribution < -0.4 is 11.1 Å². The summed E-state index contributed by atoms with van der Waals surface area (Å²) in [4.78, 5) is 18.2. The number of unbranched alkanes of at least 4 members (excludes halogenated alkanes) is 1. The van der Waals surface area contributed by atoms with E-state index in [4.69, 9.17) is 15.2 Å². The average Bonchev–Trinajstić information content (AvgIpc) is 2.61. The molecule has 1 aliphatic carbocycles. The number of carbonyl (C=O) groups excluding carboxylic acids is 1. The fraction of sp³-hybridized carbons (Fsp3) is 0.895. The predicted molar refractivity (Wildman–Crippen MR) is 119 cm³/mol. The number of rotatable bonds is 7. The molecular formula is C19H37IN4O3. The van der Waals surface area contributed by atoms with Gasteiger partial charge in [-0.1, -0.05) is 27.2 Å². The van der Waals surface area contributed by atoms with Crippen molar-refractivity contribution in [1.82, 2.24) is 10.2 Å². The summed E-state index contributed by atoms with van der Waals surface area (Å²) in [6.07, 6.45) is 4.94. The molecule has 1 aliphatic heterocycles. The zero-order valence-corrected chi connectivity index (χ0v) is 19.5. The molecule has 1 saturated heterocycles. The second kappa shape index (κ2) is 11.3. The van der Waals surface area contributed by atoms with Crippen molar-refractivity contribution in [3.63, 3.8) is 0 Å². The van der Waals surface area contributed by atoms with Gasteiger partial charge < -0.3 is 25.4 Å². The number of halogens is 1. The first kappa shape index (κ1) is 24.3.